The molecule has 2 amide bonds. The predicted molar refractivity (Wildman–Crippen MR) is 159 cm³/mol. The third kappa shape index (κ3) is 5.98. The number of urea groups is 1. The maximum Gasteiger partial charge on any atom is 0.320 e. The highest BCUT2D eigenvalue weighted by Gasteiger charge is 2.37. The zero-order valence-electron chi connectivity index (χ0n) is 24.7. The van der Waals surface area contributed by atoms with Crippen molar-refractivity contribution in [3.8, 4) is 16.9 Å². The van der Waals surface area contributed by atoms with E-state index < -0.39 is 29.9 Å². The molecule has 1 saturated heterocycles. The maximum absolute atomic E-state index is 14.1. The molecule has 0 saturated carbocycles. The fraction of sp³-hybridized carbons (Fsp3) is 0.300. The largest absolute Gasteiger partial charge is 0.390 e. The number of benzene rings is 1. The summed E-state index contributed by atoms with van der Waals surface area (Å²) < 4.78 is 36.0. The Morgan fingerprint density at radius 1 is 1.16 bits per heavy atom. The molecule has 0 radical (unpaired) electrons. The van der Waals surface area contributed by atoms with Crippen LogP contribution in [0, 0.1) is 18.7 Å². The Labute approximate surface area is 256 Å². The first-order valence-corrected chi connectivity index (χ1v) is 14.1. The van der Waals surface area contributed by atoms with Crippen molar-refractivity contribution in [2.75, 3.05) is 32.1 Å². The highest BCUT2D eigenvalue weighted by molar-refractivity contribution is 5.92. The molecule has 4 aromatic heterocycles. The average Bonchev–Trinajstić information content (AvgIpc) is 3.70. The van der Waals surface area contributed by atoms with Gasteiger partial charge in [-0.15, -0.1) is 0 Å². The Hall–Kier alpha value is -4.83. The maximum atomic E-state index is 14.1. The molecule has 0 bridgehead atoms. The van der Waals surface area contributed by atoms with Crippen LogP contribution in [0.25, 0.3) is 28.0 Å². The number of fused-ring (bicyclic) bond motifs is 1. The van der Waals surface area contributed by atoms with Gasteiger partial charge >= 0.3 is 6.03 Å². The summed E-state index contributed by atoms with van der Waals surface area (Å²) in [7, 11) is 3.31. The molecule has 13 nitrogen and oxygen atoms in total. The number of carbonyl (C=O) groups is 1. The molecule has 234 valence electrons. The second kappa shape index (κ2) is 12.6. The van der Waals surface area contributed by atoms with Crippen LogP contribution < -0.4 is 10.6 Å². The van der Waals surface area contributed by atoms with Gasteiger partial charge in [0.1, 0.15) is 11.9 Å². The van der Waals surface area contributed by atoms with Crippen molar-refractivity contribution in [3.05, 3.63) is 83.4 Å². The van der Waals surface area contributed by atoms with Crippen LogP contribution in [0.3, 0.4) is 0 Å². The molecule has 3 N–H and O–H groups in total. The Balaban J connectivity index is 1.32. The lowest BCUT2D eigenvalue weighted by Gasteiger charge is -2.19. The minimum absolute atomic E-state index is 0.248. The third-order valence-electron chi connectivity index (χ3n) is 7.57. The molecule has 15 heteroatoms. The molecule has 1 aliphatic rings. The van der Waals surface area contributed by atoms with Gasteiger partial charge in [-0.1, -0.05) is 18.2 Å². The van der Waals surface area contributed by atoms with Gasteiger partial charge in [0.15, 0.2) is 11.5 Å². The van der Waals surface area contributed by atoms with Crippen molar-refractivity contribution in [1.82, 2.24) is 39.9 Å². The molecule has 45 heavy (non-hydrogen) atoms. The molecular formula is C30H31F2N9O4. The van der Waals surface area contributed by atoms with Gasteiger partial charge < -0.3 is 15.2 Å². The smallest absolute Gasteiger partial charge is 0.320 e. The third-order valence-corrected chi connectivity index (χ3v) is 7.57. The minimum atomic E-state index is -1.22. The van der Waals surface area contributed by atoms with Crippen LogP contribution in [0.5, 0.6) is 0 Å². The highest BCUT2D eigenvalue weighted by atomic mass is 19.2. The number of anilines is 1. The fourth-order valence-corrected chi connectivity index (χ4v) is 5.38. The number of hydrogen-bond acceptors (Lipinski definition) is 9. The van der Waals surface area contributed by atoms with Crippen molar-refractivity contribution >= 4 is 22.9 Å². The molecule has 1 aromatic carbocycles. The number of hydrogen-bond donors (Lipinski definition) is 3. The molecular weight excluding hydrogens is 588 g/mol. The molecule has 2 atom stereocenters. The molecule has 5 heterocycles. The van der Waals surface area contributed by atoms with Crippen molar-refractivity contribution < 1.29 is 28.3 Å². The van der Waals surface area contributed by atoms with Gasteiger partial charge in [0, 0.05) is 61.7 Å². The van der Waals surface area contributed by atoms with Crippen LogP contribution in [0.4, 0.5) is 19.4 Å². The standard InChI is InChI=1S/C30H31F2N9O4/c1-17-25(18-11-21-24(16-42)37-39(2)29(21)34-13-18)38-41(20-7-5-4-6-8-20)28(17)36-30(43)35-23-15-40(9-10-44-3)45-26(23)19-12-22(31)27(32)33-14-19/h4-8,11-14,23,26,42H,9-10,15-16H2,1-3H3,(H2,35,36,43)/t23-,26+/m1/s1. The molecule has 1 aliphatic heterocycles. The van der Waals surface area contributed by atoms with Gasteiger partial charge in [0.2, 0.25) is 5.95 Å². The number of aryl methyl sites for hydroxylation is 1. The number of methoxy groups -OCH3 is 1. The van der Waals surface area contributed by atoms with Crippen molar-refractivity contribution in [2.24, 2.45) is 7.05 Å². The van der Waals surface area contributed by atoms with Gasteiger partial charge in [-0.2, -0.15) is 19.7 Å². The van der Waals surface area contributed by atoms with E-state index in [1.165, 1.54) is 6.20 Å². The first kappa shape index (κ1) is 30.2. The first-order chi connectivity index (χ1) is 21.8. The number of pyridine rings is 2. The lowest BCUT2D eigenvalue weighted by Crippen LogP contribution is -2.42. The first-order valence-electron chi connectivity index (χ1n) is 14.1. The van der Waals surface area contributed by atoms with E-state index in [1.54, 1.807) is 34.8 Å². The van der Waals surface area contributed by atoms with Crippen LogP contribution in [0.15, 0.2) is 54.9 Å². The normalized spacial score (nSPS) is 16.8. The number of para-hydroxylation sites is 1. The summed E-state index contributed by atoms with van der Waals surface area (Å²) in [5, 5.41) is 27.1. The topological polar surface area (TPSA) is 144 Å². The number of aromatic nitrogens is 6. The summed E-state index contributed by atoms with van der Waals surface area (Å²) in [5.41, 5.74) is 3.98. The molecule has 0 unspecified atom stereocenters. The van der Waals surface area contributed by atoms with E-state index in [0.29, 0.717) is 58.2 Å². The predicted octanol–water partition coefficient (Wildman–Crippen LogP) is 3.42. The Morgan fingerprint density at radius 3 is 2.69 bits per heavy atom. The Kier molecular flexibility index (Phi) is 8.49. The number of amides is 2. The van der Waals surface area contributed by atoms with Crippen molar-refractivity contribution in [2.45, 2.75) is 25.7 Å². The lowest BCUT2D eigenvalue weighted by atomic mass is 10.0. The number of rotatable bonds is 9. The van der Waals surface area contributed by atoms with Crippen molar-refractivity contribution in [1.29, 1.82) is 0 Å². The summed E-state index contributed by atoms with van der Waals surface area (Å²) in [5.74, 6) is -1.93. The van der Waals surface area contributed by atoms with Crippen LogP contribution in [0.2, 0.25) is 0 Å². The zero-order chi connectivity index (χ0) is 31.7. The number of nitrogens with one attached hydrogen (secondary N) is 2. The van der Waals surface area contributed by atoms with E-state index in [4.69, 9.17) is 14.7 Å². The molecule has 1 fully saturated rings. The van der Waals surface area contributed by atoms with Gasteiger partial charge in [0.05, 0.1) is 36.3 Å². The second-order valence-corrected chi connectivity index (χ2v) is 10.5. The number of aliphatic hydroxyl groups is 1. The lowest BCUT2D eigenvalue weighted by molar-refractivity contribution is -0.154. The van der Waals surface area contributed by atoms with Gasteiger partial charge in [-0.3, -0.25) is 14.8 Å². The van der Waals surface area contributed by atoms with Gasteiger partial charge in [-0.05, 0) is 31.2 Å². The van der Waals surface area contributed by atoms with Gasteiger partial charge in [-0.25, -0.2) is 23.8 Å². The number of halogens is 2. The zero-order valence-corrected chi connectivity index (χ0v) is 24.7. The van der Waals surface area contributed by atoms with Crippen LogP contribution in [0.1, 0.15) is 22.9 Å². The van der Waals surface area contributed by atoms with E-state index in [9.17, 15) is 18.7 Å². The second-order valence-electron chi connectivity index (χ2n) is 10.5. The molecule has 0 spiro atoms. The van der Waals surface area contributed by atoms with Gasteiger partial charge in [0.25, 0.3) is 0 Å². The number of hydroxylamine groups is 2. The molecule has 5 aromatic rings. The van der Waals surface area contributed by atoms with Crippen LogP contribution in [-0.2, 0) is 23.2 Å². The van der Waals surface area contributed by atoms with Crippen molar-refractivity contribution in [3.63, 3.8) is 0 Å². The van der Waals surface area contributed by atoms with E-state index >= 15 is 0 Å². The number of nitrogens with zero attached hydrogens (tertiary/aromatic N) is 7. The van der Waals surface area contributed by atoms with Crippen LogP contribution >= 0.6 is 0 Å². The van der Waals surface area contributed by atoms with E-state index in [2.05, 4.69) is 25.7 Å². The summed E-state index contributed by atoms with van der Waals surface area (Å²) in [6, 6.07) is 11.0. The quantitative estimate of drug-likeness (QED) is 0.212. The summed E-state index contributed by atoms with van der Waals surface area (Å²) >= 11 is 0. The number of aliphatic hydroxyl groups excluding tert-OH is 1. The summed E-state index contributed by atoms with van der Waals surface area (Å²) in [4.78, 5) is 27.6. The Morgan fingerprint density at radius 2 is 1.96 bits per heavy atom. The molecule has 6 rings (SSSR count). The monoisotopic (exact) mass is 619 g/mol. The average molecular weight is 620 g/mol. The Bertz CT molecular complexity index is 1850. The summed E-state index contributed by atoms with van der Waals surface area (Å²) in [6.07, 6.45) is 2.03. The fourth-order valence-electron chi connectivity index (χ4n) is 5.38. The van der Waals surface area contributed by atoms with E-state index in [1.807, 2.05) is 43.3 Å². The van der Waals surface area contributed by atoms with E-state index in [0.717, 1.165) is 6.07 Å². The minimum Gasteiger partial charge on any atom is -0.390 e. The highest BCUT2D eigenvalue weighted by Crippen LogP contribution is 2.33. The molecule has 0 aliphatic carbocycles. The SMILES string of the molecule is COCCN1C[C@@H](NC(=O)Nc2c(C)c(-c3cnc4c(c3)c(CO)nn4C)nn2-c2ccccc2)[C@H](c2cnc(F)c(F)c2)O1. The van der Waals surface area contributed by atoms with Crippen LogP contribution in [-0.4, -0.2) is 78.6 Å². The van der Waals surface area contributed by atoms with E-state index in [-0.39, 0.29) is 18.7 Å². The summed E-state index contributed by atoms with van der Waals surface area (Å²) in [6.45, 7) is 2.59. The number of ether oxygens (including phenoxy) is 1. The number of carbonyl (C=O) groups excluding carboxylic acids is 1.